The summed E-state index contributed by atoms with van der Waals surface area (Å²) >= 11 is 0. The molecule has 2 aromatic carbocycles. The quantitative estimate of drug-likeness (QED) is 0.518. The Morgan fingerprint density at radius 1 is 0.800 bits per heavy atom. The molecule has 0 bridgehead atoms. The lowest BCUT2D eigenvalue weighted by Crippen LogP contribution is -2.47. The van der Waals surface area contributed by atoms with Crippen LogP contribution < -0.4 is 14.5 Å². The van der Waals surface area contributed by atoms with Gasteiger partial charge in [0.25, 0.3) is 0 Å². The van der Waals surface area contributed by atoms with Crippen LogP contribution in [0.4, 0.5) is 11.5 Å². The lowest BCUT2D eigenvalue weighted by molar-refractivity contribution is 0.415. The molecule has 4 aromatic rings. The minimum Gasteiger partial charge on any atom is -0.497 e. The molecule has 1 fully saturated rings. The molecule has 5 rings (SSSR count). The molecule has 0 saturated carbocycles. The molecule has 6 nitrogen and oxygen atoms in total. The lowest BCUT2D eigenvalue weighted by Gasteiger charge is -2.37. The van der Waals surface area contributed by atoms with E-state index in [1.54, 1.807) is 13.3 Å². The molecule has 0 atom stereocenters. The first-order valence-corrected chi connectivity index (χ1v) is 10.1. The van der Waals surface area contributed by atoms with Crippen LogP contribution in [0.2, 0.25) is 0 Å². The molecule has 1 aliphatic rings. The summed E-state index contributed by atoms with van der Waals surface area (Å²) in [6.07, 6.45) is 3.58. The summed E-state index contributed by atoms with van der Waals surface area (Å²) < 4.78 is 5.27. The molecule has 0 unspecified atom stereocenters. The van der Waals surface area contributed by atoms with Crippen LogP contribution in [0.25, 0.3) is 22.3 Å². The molecule has 2 aromatic heterocycles. The van der Waals surface area contributed by atoms with Gasteiger partial charge in [0.05, 0.1) is 12.6 Å². The maximum Gasteiger partial charge on any atom is 0.163 e. The maximum atomic E-state index is 5.27. The van der Waals surface area contributed by atoms with Crippen molar-refractivity contribution in [1.82, 2.24) is 15.0 Å². The Balaban J connectivity index is 1.43. The van der Waals surface area contributed by atoms with Crippen LogP contribution in [-0.2, 0) is 0 Å². The van der Waals surface area contributed by atoms with Crippen molar-refractivity contribution in [3.8, 4) is 17.1 Å². The summed E-state index contributed by atoms with van der Waals surface area (Å²) in [5.74, 6) is 2.59. The number of piperazine rings is 1. The number of fused-ring (bicyclic) bond motifs is 1. The highest BCUT2D eigenvalue weighted by atomic mass is 16.5. The van der Waals surface area contributed by atoms with Crippen molar-refractivity contribution in [3.63, 3.8) is 0 Å². The monoisotopic (exact) mass is 397 g/mol. The van der Waals surface area contributed by atoms with Crippen molar-refractivity contribution in [2.75, 3.05) is 43.1 Å². The number of rotatable bonds is 4. The van der Waals surface area contributed by atoms with Gasteiger partial charge in [0.1, 0.15) is 11.6 Å². The molecule has 0 amide bonds. The Morgan fingerprint density at radius 2 is 1.57 bits per heavy atom. The second-order valence-electron chi connectivity index (χ2n) is 7.30. The molecule has 0 spiro atoms. The van der Waals surface area contributed by atoms with E-state index in [0.29, 0.717) is 0 Å². The summed E-state index contributed by atoms with van der Waals surface area (Å²) in [5.41, 5.74) is 3.11. The van der Waals surface area contributed by atoms with Gasteiger partial charge < -0.3 is 14.5 Å². The van der Waals surface area contributed by atoms with E-state index in [4.69, 9.17) is 14.7 Å². The van der Waals surface area contributed by atoms with Gasteiger partial charge in [-0.3, -0.25) is 4.98 Å². The van der Waals surface area contributed by atoms with E-state index < -0.39 is 0 Å². The van der Waals surface area contributed by atoms with E-state index in [9.17, 15) is 0 Å². The van der Waals surface area contributed by atoms with Gasteiger partial charge in [0.15, 0.2) is 5.82 Å². The topological polar surface area (TPSA) is 54.4 Å². The van der Waals surface area contributed by atoms with Gasteiger partial charge in [-0.25, -0.2) is 9.97 Å². The maximum absolute atomic E-state index is 5.27. The molecule has 3 heterocycles. The largest absolute Gasteiger partial charge is 0.497 e. The SMILES string of the molecule is COc1ccc(N2CCN(c3nc(-c4cccnc4)nc4ccccc34)CC2)cc1. The third-order valence-electron chi connectivity index (χ3n) is 5.52. The zero-order valence-electron chi connectivity index (χ0n) is 16.9. The lowest BCUT2D eigenvalue weighted by atomic mass is 10.1. The summed E-state index contributed by atoms with van der Waals surface area (Å²) in [6, 6.07) is 20.4. The van der Waals surface area contributed by atoms with E-state index in [2.05, 4.69) is 33.0 Å². The van der Waals surface area contributed by atoms with Crippen molar-refractivity contribution < 1.29 is 4.74 Å². The fourth-order valence-corrected chi connectivity index (χ4v) is 3.89. The van der Waals surface area contributed by atoms with Gasteiger partial charge in [0, 0.05) is 55.2 Å². The second-order valence-corrected chi connectivity index (χ2v) is 7.30. The predicted octanol–water partition coefficient (Wildman–Crippen LogP) is 4.03. The third-order valence-corrected chi connectivity index (χ3v) is 5.52. The fourth-order valence-electron chi connectivity index (χ4n) is 3.89. The first-order chi connectivity index (χ1) is 14.8. The van der Waals surface area contributed by atoms with Crippen LogP contribution >= 0.6 is 0 Å². The number of benzene rings is 2. The number of ether oxygens (including phenoxy) is 1. The average molecular weight is 397 g/mol. The Kier molecular flexibility index (Phi) is 4.89. The first-order valence-electron chi connectivity index (χ1n) is 10.1. The van der Waals surface area contributed by atoms with E-state index in [1.165, 1.54) is 5.69 Å². The molecule has 0 aliphatic carbocycles. The van der Waals surface area contributed by atoms with Gasteiger partial charge in [-0.15, -0.1) is 0 Å². The fraction of sp³-hybridized carbons (Fsp3) is 0.208. The number of anilines is 2. The van der Waals surface area contributed by atoms with Gasteiger partial charge in [-0.2, -0.15) is 0 Å². The van der Waals surface area contributed by atoms with E-state index >= 15 is 0 Å². The molecular formula is C24H23N5O. The van der Waals surface area contributed by atoms with Crippen LogP contribution in [0.1, 0.15) is 0 Å². The Bertz CT molecular complexity index is 1140. The zero-order valence-corrected chi connectivity index (χ0v) is 16.9. The summed E-state index contributed by atoms with van der Waals surface area (Å²) in [7, 11) is 1.69. The molecule has 1 aliphatic heterocycles. The van der Waals surface area contributed by atoms with Gasteiger partial charge in [-0.1, -0.05) is 12.1 Å². The standard InChI is InChI=1S/C24H23N5O/c1-30-20-10-8-19(9-11-20)28-13-15-29(16-14-28)24-21-6-2-3-7-22(21)26-23(27-24)18-5-4-12-25-17-18/h2-12,17H,13-16H2,1H3. The Hall–Kier alpha value is -3.67. The molecule has 150 valence electrons. The summed E-state index contributed by atoms with van der Waals surface area (Å²) in [4.78, 5) is 18.7. The Labute approximate surface area is 175 Å². The van der Waals surface area contributed by atoms with Gasteiger partial charge >= 0.3 is 0 Å². The van der Waals surface area contributed by atoms with Crippen molar-refractivity contribution in [1.29, 1.82) is 0 Å². The van der Waals surface area contributed by atoms with Crippen molar-refractivity contribution in [2.45, 2.75) is 0 Å². The second kappa shape index (κ2) is 7.99. The molecular weight excluding hydrogens is 374 g/mol. The normalized spacial score (nSPS) is 14.2. The minimum atomic E-state index is 0.717. The number of pyridine rings is 1. The Morgan fingerprint density at radius 3 is 2.30 bits per heavy atom. The zero-order chi connectivity index (χ0) is 20.3. The van der Waals surface area contributed by atoms with E-state index in [0.717, 1.165) is 60.0 Å². The molecule has 0 radical (unpaired) electrons. The molecule has 0 N–H and O–H groups in total. The first kappa shape index (κ1) is 18.4. The number of hydrogen-bond acceptors (Lipinski definition) is 6. The predicted molar refractivity (Wildman–Crippen MR) is 120 cm³/mol. The molecule has 1 saturated heterocycles. The van der Waals surface area contributed by atoms with Crippen molar-refractivity contribution >= 4 is 22.4 Å². The van der Waals surface area contributed by atoms with Crippen LogP contribution in [0.15, 0.2) is 73.1 Å². The summed E-state index contributed by atoms with van der Waals surface area (Å²) in [5, 5.41) is 1.09. The van der Waals surface area contributed by atoms with E-state index in [1.807, 2.05) is 48.7 Å². The molecule has 6 heteroatoms. The van der Waals surface area contributed by atoms with Crippen LogP contribution in [0, 0.1) is 0 Å². The number of hydrogen-bond donors (Lipinski definition) is 0. The highest BCUT2D eigenvalue weighted by molar-refractivity contribution is 5.91. The van der Waals surface area contributed by atoms with Gasteiger partial charge in [-0.05, 0) is 48.5 Å². The minimum absolute atomic E-state index is 0.717. The third kappa shape index (κ3) is 3.52. The number of methoxy groups -OCH3 is 1. The highest BCUT2D eigenvalue weighted by Gasteiger charge is 2.21. The van der Waals surface area contributed by atoms with Gasteiger partial charge in [0.2, 0.25) is 0 Å². The number of para-hydroxylation sites is 1. The van der Waals surface area contributed by atoms with Crippen LogP contribution in [0.3, 0.4) is 0 Å². The smallest absolute Gasteiger partial charge is 0.163 e. The number of aromatic nitrogens is 3. The van der Waals surface area contributed by atoms with E-state index in [-0.39, 0.29) is 0 Å². The average Bonchev–Trinajstić information content (AvgIpc) is 2.84. The van der Waals surface area contributed by atoms with Crippen LogP contribution in [0.5, 0.6) is 5.75 Å². The number of nitrogens with zero attached hydrogens (tertiary/aromatic N) is 5. The molecule has 30 heavy (non-hydrogen) atoms. The van der Waals surface area contributed by atoms with Crippen LogP contribution in [-0.4, -0.2) is 48.2 Å². The van der Waals surface area contributed by atoms with Crippen molar-refractivity contribution in [3.05, 3.63) is 73.1 Å². The highest BCUT2D eigenvalue weighted by Crippen LogP contribution is 2.29. The summed E-state index contributed by atoms with van der Waals surface area (Å²) in [6.45, 7) is 3.68. The van der Waals surface area contributed by atoms with Crippen molar-refractivity contribution in [2.24, 2.45) is 0 Å².